The first-order valence-corrected chi connectivity index (χ1v) is 13.1. The first-order valence-electron chi connectivity index (χ1n) is 12.8. The van der Waals surface area contributed by atoms with Crippen molar-refractivity contribution in [1.29, 1.82) is 0 Å². The molecule has 38 heavy (non-hydrogen) atoms. The second-order valence-corrected chi connectivity index (χ2v) is 10.6. The maximum atomic E-state index is 16.3. The van der Waals surface area contributed by atoms with Crippen LogP contribution in [0.1, 0.15) is 27.2 Å². The molecule has 2 atom stereocenters. The molecule has 10 heteroatoms. The molecule has 1 N–H and O–H groups in total. The molecule has 200 valence electrons. The van der Waals surface area contributed by atoms with E-state index >= 15 is 4.39 Å². The molecule has 0 unspecified atom stereocenters. The third kappa shape index (κ3) is 4.32. The van der Waals surface area contributed by atoms with Gasteiger partial charge in [-0.05, 0) is 50.5 Å². The largest absolute Gasteiger partial charge is 0.507 e. The summed E-state index contributed by atoms with van der Waals surface area (Å²) >= 11 is 6.57. The van der Waals surface area contributed by atoms with E-state index in [2.05, 4.69) is 23.4 Å². The minimum absolute atomic E-state index is 0.00370. The molecule has 2 saturated heterocycles. The van der Waals surface area contributed by atoms with Crippen molar-refractivity contribution in [2.24, 2.45) is 5.92 Å². The van der Waals surface area contributed by atoms with Gasteiger partial charge in [-0.25, -0.2) is 13.8 Å². The van der Waals surface area contributed by atoms with Gasteiger partial charge in [-0.2, -0.15) is 4.98 Å². The second-order valence-electron chi connectivity index (χ2n) is 10.2. The van der Waals surface area contributed by atoms with Crippen molar-refractivity contribution < 1.29 is 18.7 Å². The predicted octanol–water partition coefficient (Wildman–Crippen LogP) is 5.39. The fourth-order valence-corrected chi connectivity index (χ4v) is 5.82. The molecule has 1 aromatic heterocycles. The van der Waals surface area contributed by atoms with Gasteiger partial charge in [0.2, 0.25) is 11.9 Å². The summed E-state index contributed by atoms with van der Waals surface area (Å²) < 4.78 is 31.1. The van der Waals surface area contributed by atoms with Gasteiger partial charge in [-0.3, -0.25) is 4.79 Å². The van der Waals surface area contributed by atoms with Crippen molar-refractivity contribution in [2.45, 2.75) is 39.3 Å². The summed E-state index contributed by atoms with van der Waals surface area (Å²) in [5.41, 5.74) is -0.564. The number of rotatable bonds is 5. The fraction of sp³-hybridized carbons (Fsp3) is 0.393. The van der Waals surface area contributed by atoms with E-state index in [0.29, 0.717) is 36.2 Å². The Morgan fingerprint density at radius 1 is 1.16 bits per heavy atom. The molecule has 0 spiro atoms. The highest BCUT2D eigenvalue weighted by atomic mass is 35.5. The lowest BCUT2D eigenvalue weighted by molar-refractivity contribution is -0.127. The molecule has 0 aliphatic carbocycles. The van der Waals surface area contributed by atoms with E-state index in [1.165, 1.54) is 24.3 Å². The molecule has 2 aliphatic heterocycles. The van der Waals surface area contributed by atoms with Crippen LogP contribution in [0, 0.1) is 17.6 Å². The zero-order chi connectivity index (χ0) is 27.3. The summed E-state index contributed by atoms with van der Waals surface area (Å²) in [5.74, 6) is -0.800. The molecule has 3 aromatic rings. The lowest BCUT2D eigenvalue weighted by atomic mass is 9.98. The van der Waals surface area contributed by atoms with Crippen LogP contribution in [0.2, 0.25) is 5.02 Å². The summed E-state index contributed by atoms with van der Waals surface area (Å²) in [4.78, 5) is 27.6. The number of aromatic nitrogens is 2. The standard InChI is InChI=1S/C28H30ClF2N5O2/c1-5-17-13-35(14-17)28-32-26-18(10-19(29)23(25(26)31)24-20(30)8-7-9-21(24)37)27(33-28)36-15(3)11-34(12-16(36)4)22(38)6-2/h6-10,15-17,37H,2,5,11-14H2,1,3-4H3/t15-,16+. The van der Waals surface area contributed by atoms with E-state index in [9.17, 15) is 14.3 Å². The number of aromatic hydroxyl groups is 1. The van der Waals surface area contributed by atoms with Gasteiger partial charge < -0.3 is 19.8 Å². The highest BCUT2D eigenvalue weighted by Gasteiger charge is 2.36. The lowest BCUT2D eigenvalue weighted by Crippen LogP contribution is -2.58. The summed E-state index contributed by atoms with van der Waals surface area (Å²) in [7, 11) is 0. The van der Waals surface area contributed by atoms with E-state index in [4.69, 9.17) is 16.6 Å². The van der Waals surface area contributed by atoms with Crippen molar-refractivity contribution in [3.05, 3.63) is 53.6 Å². The predicted molar refractivity (Wildman–Crippen MR) is 146 cm³/mol. The number of piperazine rings is 1. The summed E-state index contributed by atoms with van der Waals surface area (Å²) in [6.07, 6.45) is 2.32. The molecule has 5 rings (SSSR count). The zero-order valence-electron chi connectivity index (χ0n) is 21.6. The third-order valence-corrected chi connectivity index (χ3v) is 7.86. The first kappa shape index (κ1) is 26.2. The Bertz CT molecular complexity index is 1400. The molecular formula is C28H30ClF2N5O2. The van der Waals surface area contributed by atoms with Crippen LogP contribution in [0.15, 0.2) is 36.9 Å². The molecule has 3 heterocycles. The van der Waals surface area contributed by atoms with E-state index in [1.54, 1.807) is 4.90 Å². The molecular weight excluding hydrogens is 512 g/mol. The number of carbonyl (C=O) groups excluding carboxylic acids is 1. The SMILES string of the molecule is C=CC(=O)N1C[C@@H](C)N(c2nc(N3CC(CC)C3)nc3c(F)c(-c4c(O)cccc4F)c(Cl)cc23)[C@@H](C)C1. The van der Waals surface area contributed by atoms with E-state index in [1.807, 2.05) is 18.7 Å². The van der Waals surface area contributed by atoms with Crippen molar-refractivity contribution in [1.82, 2.24) is 14.9 Å². The number of anilines is 2. The topological polar surface area (TPSA) is 72.8 Å². The van der Waals surface area contributed by atoms with Crippen molar-refractivity contribution in [3.8, 4) is 16.9 Å². The van der Waals surface area contributed by atoms with Gasteiger partial charge >= 0.3 is 0 Å². The third-order valence-electron chi connectivity index (χ3n) is 7.56. The Morgan fingerprint density at radius 2 is 1.84 bits per heavy atom. The number of carbonyl (C=O) groups is 1. The normalized spacial score (nSPS) is 20.1. The van der Waals surface area contributed by atoms with E-state index in [-0.39, 0.29) is 39.7 Å². The van der Waals surface area contributed by atoms with Gasteiger partial charge in [-0.15, -0.1) is 0 Å². The Labute approximate surface area is 225 Å². The Kier molecular flexibility index (Phi) is 6.90. The summed E-state index contributed by atoms with van der Waals surface area (Å²) in [6, 6.07) is 5.01. The molecule has 1 amide bonds. The zero-order valence-corrected chi connectivity index (χ0v) is 22.3. The quantitative estimate of drug-likeness (QED) is 0.437. The average Bonchev–Trinajstić information content (AvgIpc) is 2.84. The molecule has 2 aromatic carbocycles. The minimum atomic E-state index is -0.828. The van der Waals surface area contributed by atoms with Crippen LogP contribution in [0.5, 0.6) is 5.75 Å². The highest BCUT2D eigenvalue weighted by Crippen LogP contribution is 2.43. The van der Waals surface area contributed by atoms with E-state index in [0.717, 1.165) is 25.6 Å². The van der Waals surface area contributed by atoms with Crippen LogP contribution in [-0.4, -0.2) is 64.1 Å². The fourth-order valence-electron chi connectivity index (χ4n) is 5.54. The average molecular weight is 542 g/mol. The number of benzene rings is 2. The monoisotopic (exact) mass is 541 g/mol. The lowest BCUT2D eigenvalue weighted by Gasteiger charge is -2.46. The van der Waals surface area contributed by atoms with Crippen molar-refractivity contribution in [2.75, 3.05) is 36.0 Å². The molecule has 7 nitrogen and oxygen atoms in total. The number of halogens is 3. The van der Waals surface area contributed by atoms with Gasteiger partial charge in [0.25, 0.3) is 0 Å². The van der Waals surface area contributed by atoms with Crippen LogP contribution in [0.25, 0.3) is 22.0 Å². The first-order chi connectivity index (χ1) is 18.1. The number of amides is 1. The number of hydrogen-bond donors (Lipinski definition) is 1. The number of phenolic OH excluding ortho intramolecular Hbond substituents is 1. The highest BCUT2D eigenvalue weighted by molar-refractivity contribution is 6.34. The van der Waals surface area contributed by atoms with Crippen LogP contribution in [0.4, 0.5) is 20.5 Å². The Morgan fingerprint density at radius 3 is 2.45 bits per heavy atom. The van der Waals surface area contributed by atoms with Gasteiger partial charge in [0.15, 0.2) is 5.82 Å². The van der Waals surface area contributed by atoms with Crippen molar-refractivity contribution >= 4 is 40.2 Å². The number of nitrogens with zero attached hydrogens (tertiary/aromatic N) is 5. The van der Waals surface area contributed by atoms with E-state index < -0.39 is 17.4 Å². The van der Waals surface area contributed by atoms with Gasteiger partial charge in [-0.1, -0.05) is 31.2 Å². The number of hydrogen-bond acceptors (Lipinski definition) is 6. The van der Waals surface area contributed by atoms with Crippen molar-refractivity contribution in [3.63, 3.8) is 0 Å². The van der Waals surface area contributed by atoms with Gasteiger partial charge in [0, 0.05) is 49.2 Å². The minimum Gasteiger partial charge on any atom is -0.507 e. The van der Waals surface area contributed by atoms with Crippen LogP contribution >= 0.6 is 11.6 Å². The second kappa shape index (κ2) is 10.0. The molecule has 0 bridgehead atoms. The summed E-state index contributed by atoms with van der Waals surface area (Å²) in [5, 5.41) is 10.7. The van der Waals surface area contributed by atoms with Crippen LogP contribution in [0.3, 0.4) is 0 Å². The number of fused-ring (bicyclic) bond motifs is 1. The molecule has 2 fully saturated rings. The maximum Gasteiger partial charge on any atom is 0.246 e. The van der Waals surface area contributed by atoms with Crippen LogP contribution in [-0.2, 0) is 4.79 Å². The Balaban J connectivity index is 1.70. The van der Waals surface area contributed by atoms with Gasteiger partial charge in [0.1, 0.15) is 22.9 Å². The van der Waals surface area contributed by atoms with Crippen LogP contribution < -0.4 is 9.80 Å². The smallest absolute Gasteiger partial charge is 0.246 e. The Hall–Kier alpha value is -3.46. The molecule has 0 saturated carbocycles. The van der Waals surface area contributed by atoms with Gasteiger partial charge in [0.05, 0.1) is 10.6 Å². The maximum absolute atomic E-state index is 16.3. The molecule has 2 aliphatic rings. The summed E-state index contributed by atoms with van der Waals surface area (Å²) in [6.45, 7) is 12.1. The number of phenols is 1. The molecule has 0 radical (unpaired) electrons.